The molecule has 1 N–H and O–H groups in total. The van der Waals surface area contributed by atoms with E-state index in [1.807, 2.05) is 30.3 Å². The Morgan fingerprint density at radius 1 is 1.19 bits per heavy atom. The molecular formula is C17H19BrFNO. The first kappa shape index (κ1) is 16.0. The van der Waals surface area contributed by atoms with Crippen molar-refractivity contribution in [2.24, 2.45) is 0 Å². The molecule has 0 fully saturated rings. The summed E-state index contributed by atoms with van der Waals surface area (Å²) in [4.78, 5) is 0. The van der Waals surface area contributed by atoms with Crippen LogP contribution in [0.1, 0.15) is 30.5 Å². The van der Waals surface area contributed by atoms with Crippen LogP contribution in [0.15, 0.2) is 46.9 Å². The summed E-state index contributed by atoms with van der Waals surface area (Å²) in [6.07, 6.45) is 1.01. The van der Waals surface area contributed by atoms with Crippen molar-refractivity contribution in [3.63, 3.8) is 0 Å². The van der Waals surface area contributed by atoms with E-state index in [0.29, 0.717) is 4.47 Å². The summed E-state index contributed by atoms with van der Waals surface area (Å²) in [6, 6.07) is 13.0. The zero-order chi connectivity index (χ0) is 15.2. The SMILES string of the molecule is CCCNC(c1cccc(OC)c1)c1ccc(Br)c(F)c1. The minimum atomic E-state index is -0.251. The van der Waals surface area contributed by atoms with Crippen LogP contribution in [-0.2, 0) is 0 Å². The summed E-state index contributed by atoms with van der Waals surface area (Å²) < 4.78 is 19.6. The number of rotatable bonds is 6. The number of halogens is 2. The Kier molecular flexibility index (Phi) is 5.76. The quantitative estimate of drug-likeness (QED) is 0.815. The van der Waals surface area contributed by atoms with Gasteiger partial charge in [0.15, 0.2) is 0 Å². The van der Waals surface area contributed by atoms with Crippen molar-refractivity contribution in [2.75, 3.05) is 13.7 Å². The van der Waals surface area contributed by atoms with Crippen LogP contribution < -0.4 is 10.1 Å². The molecule has 2 nitrogen and oxygen atoms in total. The Morgan fingerprint density at radius 3 is 2.62 bits per heavy atom. The van der Waals surface area contributed by atoms with Crippen LogP contribution in [0.4, 0.5) is 4.39 Å². The predicted octanol–water partition coefficient (Wildman–Crippen LogP) is 4.69. The van der Waals surface area contributed by atoms with Gasteiger partial charge in [-0.2, -0.15) is 0 Å². The third-order valence-corrected chi connectivity index (χ3v) is 3.95. The molecule has 21 heavy (non-hydrogen) atoms. The van der Waals surface area contributed by atoms with Gasteiger partial charge in [-0.05, 0) is 64.3 Å². The van der Waals surface area contributed by atoms with Crippen LogP contribution in [0.25, 0.3) is 0 Å². The fraction of sp³-hybridized carbons (Fsp3) is 0.294. The molecule has 0 bridgehead atoms. The summed E-state index contributed by atoms with van der Waals surface area (Å²) in [5.74, 6) is 0.548. The molecule has 0 spiro atoms. The average Bonchev–Trinajstić information content (AvgIpc) is 2.51. The van der Waals surface area contributed by atoms with E-state index in [1.54, 1.807) is 19.2 Å². The van der Waals surface area contributed by atoms with E-state index < -0.39 is 0 Å². The first-order valence-electron chi connectivity index (χ1n) is 6.98. The van der Waals surface area contributed by atoms with Crippen LogP contribution in [0.2, 0.25) is 0 Å². The molecule has 4 heteroatoms. The Labute approximate surface area is 133 Å². The Bertz CT molecular complexity index is 603. The van der Waals surface area contributed by atoms with E-state index in [1.165, 1.54) is 0 Å². The van der Waals surface area contributed by atoms with Crippen LogP contribution >= 0.6 is 15.9 Å². The van der Waals surface area contributed by atoms with E-state index >= 15 is 0 Å². The van der Waals surface area contributed by atoms with Crippen LogP contribution in [0, 0.1) is 5.82 Å². The molecule has 0 aromatic heterocycles. The number of nitrogens with one attached hydrogen (secondary N) is 1. The zero-order valence-electron chi connectivity index (χ0n) is 12.2. The fourth-order valence-electron chi connectivity index (χ4n) is 2.23. The number of hydrogen-bond donors (Lipinski definition) is 1. The van der Waals surface area contributed by atoms with Gasteiger partial charge in [0, 0.05) is 0 Å². The first-order chi connectivity index (χ1) is 10.2. The predicted molar refractivity (Wildman–Crippen MR) is 87.2 cm³/mol. The lowest BCUT2D eigenvalue weighted by molar-refractivity contribution is 0.413. The maximum absolute atomic E-state index is 13.8. The van der Waals surface area contributed by atoms with Crippen LogP contribution in [-0.4, -0.2) is 13.7 Å². The van der Waals surface area contributed by atoms with Crippen molar-refractivity contribution in [3.8, 4) is 5.75 Å². The molecule has 0 aliphatic heterocycles. The lowest BCUT2D eigenvalue weighted by atomic mass is 9.98. The Morgan fingerprint density at radius 2 is 1.95 bits per heavy atom. The standard InChI is InChI=1S/C17H19BrFNO/c1-3-9-20-17(12-5-4-6-14(10-12)21-2)13-7-8-15(18)16(19)11-13/h4-8,10-11,17,20H,3,9H2,1-2H3. The molecule has 0 saturated carbocycles. The molecule has 0 saturated heterocycles. The summed E-state index contributed by atoms with van der Waals surface area (Å²) >= 11 is 3.19. The van der Waals surface area contributed by atoms with Crippen molar-refractivity contribution < 1.29 is 9.13 Å². The normalized spacial score (nSPS) is 12.2. The molecule has 112 valence electrons. The minimum Gasteiger partial charge on any atom is -0.497 e. The average molecular weight is 352 g/mol. The van der Waals surface area contributed by atoms with E-state index in [9.17, 15) is 4.39 Å². The fourth-order valence-corrected chi connectivity index (χ4v) is 2.48. The smallest absolute Gasteiger partial charge is 0.137 e. The molecule has 2 rings (SSSR count). The van der Waals surface area contributed by atoms with Gasteiger partial charge in [0.1, 0.15) is 11.6 Å². The number of hydrogen-bond acceptors (Lipinski definition) is 2. The molecule has 0 aliphatic carbocycles. The van der Waals surface area contributed by atoms with Gasteiger partial charge in [0.2, 0.25) is 0 Å². The van der Waals surface area contributed by atoms with E-state index in [-0.39, 0.29) is 11.9 Å². The van der Waals surface area contributed by atoms with Gasteiger partial charge < -0.3 is 10.1 Å². The highest BCUT2D eigenvalue weighted by Gasteiger charge is 2.15. The topological polar surface area (TPSA) is 21.3 Å². The summed E-state index contributed by atoms with van der Waals surface area (Å²) in [5, 5.41) is 3.46. The zero-order valence-corrected chi connectivity index (χ0v) is 13.8. The number of methoxy groups -OCH3 is 1. The van der Waals surface area contributed by atoms with Crippen molar-refractivity contribution in [2.45, 2.75) is 19.4 Å². The molecule has 0 heterocycles. The van der Waals surface area contributed by atoms with Gasteiger partial charge in [-0.1, -0.05) is 25.1 Å². The Balaban J connectivity index is 2.38. The first-order valence-corrected chi connectivity index (χ1v) is 7.77. The van der Waals surface area contributed by atoms with Gasteiger partial charge >= 0.3 is 0 Å². The molecule has 1 atom stereocenters. The molecule has 0 aliphatic rings. The largest absolute Gasteiger partial charge is 0.497 e. The van der Waals surface area contributed by atoms with Gasteiger partial charge in [0.05, 0.1) is 17.6 Å². The van der Waals surface area contributed by atoms with Gasteiger partial charge in [-0.25, -0.2) is 4.39 Å². The number of benzene rings is 2. The van der Waals surface area contributed by atoms with Gasteiger partial charge in [-0.3, -0.25) is 0 Å². The second kappa shape index (κ2) is 7.57. The van der Waals surface area contributed by atoms with E-state index in [2.05, 4.69) is 28.2 Å². The maximum Gasteiger partial charge on any atom is 0.137 e. The molecule has 2 aromatic carbocycles. The van der Waals surface area contributed by atoms with E-state index in [4.69, 9.17) is 4.74 Å². The summed E-state index contributed by atoms with van der Waals surface area (Å²) in [5.41, 5.74) is 1.96. The summed E-state index contributed by atoms with van der Waals surface area (Å²) in [7, 11) is 1.65. The van der Waals surface area contributed by atoms with Crippen molar-refractivity contribution >= 4 is 15.9 Å². The molecular weight excluding hydrogens is 333 g/mol. The third-order valence-electron chi connectivity index (χ3n) is 3.30. The van der Waals surface area contributed by atoms with Crippen LogP contribution in [0.5, 0.6) is 5.75 Å². The molecule has 2 aromatic rings. The third kappa shape index (κ3) is 4.05. The van der Waals surface area contributed by atoms with Crippen LogP contribution in [0.3, 0.4) is 0 Å². The highest BCUT2D eigenvalue weighted by molar-refractivity contribution is 9.10. The van der Waals surface area contributed by atoms with Crippen molar-refractivity contribution in [1.82, 2.24) is 5.32 Å². The lowest BCUT2D eigenvalue weighted by Crippen LogP contribution is -2.23. The second-order valence-corrected chi connectivity index (χ2v) is 5.69. The molecule has 1 unspecified atom stereocenters. The summed E-state index contributed by atoms with van der Waals surface area (Å²) in [6.45, 7) is 2.97. The highest BCUT2D eigenvalue weighted by atomic mass is 79.9. The van der Waals surface area contributed by atoms with Gasteiger partial charge in [-0.15, -0.1) is 0 Å². The minimum absolute atomic E-state index is 0.0531. The molecule has 0 radical (unpaired) electrons. The lowest BCUT2D eigenvalue weighted by Gasteiger charge is -2.20. The Hall–Kier alpha value is -1.39. The van der Waals surface area contributed by atoms with Gasteiger partial charge in [0.25, 0.3) is 0 Å². The maximum atomic E-state index is 13.8. The number of ether oxygens (including phenoxy) is 1. The monoisotopic (exact) mass is 351 g/mol. The highest BCUT2D eigenvalue weighted by Crippen LogP contribution is 2.27. The van der Waals surface area contributed by atoms with Crippen molar-refractivity contribution in [3.05, 3.63) is 63.9 Å². The molecule has 0 amide bonds. The van der Waals surface area contributed by atoms with Crippen molar-refractivity contribution in [1.29, 1.82) is 0 Å². The van der Waals surface area contributed by atoms with E-state index in [0.717, 1.165) is 29.8 Å². The second-order valence-electron chi connectivity index (χ2n) is 4.84.